The van der Waals surface area contributed by atoms with Gasteiger partial charge in [0.25, 0.3) is 0 Å². The predicted molar refractivity (Wildman–Crippen MR) is 94.5 cm³/mol. The first kappa shape index (κ1) is 16.4. The Balaban J connectivity index is 1.67. The van der Waals surface area contributed by atoms with Gasteiger partial charge in [-0.05, 0) is 36.3 Å². The van der Waals surface area contributed by atoms with Crippen LogP contribution in [0.25, 0.3) is 6.08 Å². The fourth-order valence-corrected chi connectivity index (χ4v) is 2.76. The first-order valence-corrected chi connectivity index (χ1v) is 8.14. The van der Waals surface area contributed by atoms with Gasteiger partial charge in [0.05, 0.1) is 11.1 Å². The van der Waals surface area contributed by atoms with Crippen molar-refractivity contribution < 1.29 is 14.3 Å². The van der Waals surface area contributed by atoms with Crippen LogP contribution in [0.3, 0.4) is 0 Å². The second kappa shape index (κ2) is 7.41. The van der Waals surface area contributed by atoms with Crippen LogP contribution < -0.4 is 14.8 Å². The van der Waals surface area contributed by atoms with Crippen LogP contribution in [0.15, 0.2) is 48.5 Å². The third-order valence-corrected chi connectivity index (χ3v) is 3.99. The lowest BCUT2D eigenvalue weighted by Gasteiger charge is -2.19. The number of carbonyl (C=O) groups excluding carboxylic acids is 1. The smallest absolute Gasteiger partial charge is 0.244 e. The molecule has 4 nitrogen and oxygen atoms in total. The fourth-order valence-electron chi connectivity index (χ4n) is 2.49. The SMILES string of the molecule is CC(NC(=O)/C=C/c1cc(Cl)c2c(c1)OCCO2)c1ccccc1. The van der Waals surface area contributed by atoms with Crippen LogP contribution in [0.4, 0.5) is 0 Å². The Hall–Kier alpha value is -2.46. The van der Waals surface area contributed by atoms with Crippen LogP contribution in [0.5, 0.6) is 11.5 Å². The zero-order chi connectivity index (χ0) is 16.9. The van der Waals surface area contributed by atoms with Gasteiger partial charge in [-0.3, -0.25) is 4.79 Å². The standard InChI is InChI=1S/C19H18ClNO3/c1-13(15-5-3-2-4-6-15)21-18(22)8-7-14-11-16(20)19-17(12-14)23-9-10-24-19/h2-8,11-13H,9-10H2,1H3,(H,21,22)/b8-7+. The van der Waals surface area contributed by atoms with Gasteiger partial charge in [0.2, 0.25) is 5.91 Å². The van der Waals surface area contributed by atoms with Gasteiger partial charge in [-0.25, -0.2) is 0 Å². The van der Waals surface area contributed by atoms with Crippen molar-refractivity contribution in [1.82, 2.24) is 5.32 Å². The number of halogens is 1. The van der Waals surface area contributed by atoms with E-state index in [4.69, 9.17) is 21.1 Å². The van der Waals surface area contributed by atoms with Crippen molar-refractivity contribution in [2.45, 2.75) is 13.0 Å². The summed E-state index contributed by atoms with van der Waals surface area (Å²) >= 11 is 6.19. The Morgan fingerprint density at radius 2 is 1.96 bits per heavy atom. The molecule has 1 N–H and O–H groups in total. The zero-order valence-corrected chi connectivity index (χ0v) is 14.0. The molecule has 0 radical (unpaired) electrons. The van der Waals surface area contributed by atoms with Crippen molar-refractivity contribution in [3.05, 3.63) is 64.7 Å². The van der Waals surface area contributed by atoms with Gasteiger partial charge in [0.15, 0.2) is 11.5 Å². The summed E-state index contributed by atoms with van der Waals surface area (Å²) in [4.78, 5) is 12.1. The van der Waals surface area contributed by atoms with E-state index in [9.17, 15) is 4.79 Å². The zero-order valence-electron chi connectivity index (χ0n) is 13.3. The normalized spacial score (nSPS) is 14.4. The Labute approximate surface area is 146 Å². The number of hydrogen-bond donors (Lipinski definition) is 1. The Bertz CT molecular complexity index is 759. The molecular formula is C19H18ClNO3. The van der Waals surface area contributed by atoms with E-state index in [0.29, 0.717) is 29.7 Å². The Morgan fingerprint density at radius 1 is 1.21 bits per heavy atom. The Kier molecular flexibility index (Phi) is 5.06. The van der Waals surface area contributed by atoms with Gasteiger partial charge < -0.3 is 14.8 Å². The van der Waals surface area contributed by atoms with E-state index in [-0.39, 0.29) is 11.9 Å². The maximum atomic E-state index is 12.1. The third kappa shape index (κ3) is 3.89. The molecule has 0 aliphatic carbocycles. The van der Waals surface area contributed by atoms with Gasteiger partial charge in [-0.2, -0.15) is 0 Å². The molecule has 1 atom stereocenters. The molecule has 0 spiro atoms. The summed E-state index contributed by atoms with van der Waals surface area (Å²) in [6.45, 7) is 2.93. The summed E-state index contributed by atoms with van der Waals surface area (Å²) in [7, 11) is 0. The lowest BCUT2D eigenvalue weighted by Crippen LogP contribution is -2.24. The highest BCUT2D eigenvalue weighted by Crippen LogP contribution is 2.38. The molecule has 1 amide bonds. The van der Waals surface area contributed by atoms with Crippen molar-refractivity contribution in [3.8, 4) is 11.5 Å². The molecule has 0 saturated carbocycles. The highest BCUT2D eigenvalue weighted by molar-refractivity contribution is 6.32. The first-order valence-electron chi connectivity index (χ1n) is 7.76. The minimum atomic E-state index is -0.169. The highest BCUT2D eigenvalue weighted by Gasteiger charge is 2.16. The molecule has 1 unspecified atom stereocenters. The van der Waals surface area contributed by atoms with Crippen molar-refractivity contribution in [2.75, 3.05) is 13.2 Å². The second-order valence-electron chi connectivity index (χ2n) is 5.50. The molecule has 1 aliphatic heterocycles. The van der Waals surface area contributed by atoms with Crippen LogP contribution in [-0.4, -0.2) is 19.1 Å². The number of nitrogens with one attached hydrogen (secondary N) is 1. The highest BCUT2D eigenvalue weighted by atomic mass is 35.5. The molecule has 1 heterocycles. The molecule has 1 aliphatic rings. The number of amides is 1. The molecule has 0 bridgehead atoms. The number of fused-ring (bicyclic) bond motifs is 1. The number of ether oxygens (including phenoxy) is 2. The average Bonchev–Trinajstić information content (AvgIpc) is 2.61. The molecule has 24 heavy (non-hydrogen) atoms. The van der Waals surface area contributed by atoms with Crippen molar-refractivity contribution in [2.24, 2.45) is 0 Å². The molecule has 3 rings (SSSR count). The van der Waals surface area contributed by atoms with E-state index in [1.165, 1.54) is 6.08 Å². The molecule has 2 aromatic rings. The summed E-state index contributed by atoms with van der Waals surface area (Å²) in [6.07, 6.45) is 3.19. The predicted octanol–water partition coefficient (Wildman–Crippen LogP) is 4.00. The molecule has 124 valence electrons. The van der Waals surface area contributed by atoms with Crippen molar-refractivity contribution in [1.29, 1.82) is 0 Å². The van der Waals surface area contributed by atoms with E-state index in [0.717, 1.165) is 11.1 Å². The van der Waals surface area contributed by atoms with E-state index < -0.39 is 0 Å². The monoisotopic (exact) mass is 343 g/mol. The number of carbonyl (C=O) groups is 1. The van der Waals surface area contributed by atoms with E-state index in [2.05, 4.69) is 5.32 Å². The quantitative estimate of drug-likeness (QED) is 0.853. The fraction of sp³-hybridized carbons (Fsp3) is 0.211. The molecule has 0 fully saturated rings. The summed E-state index contributed by atoms with van der Waals surface area (Å²) < 4.78 is 11.0. The van der Waals surface area contributed by atoms with Crippen LogP contribution in [0, 0.1) is 0 Å². The van der Waals surface area contributed by atoms with Crippen molar-refractivity contribution in [3.63, 3.8) is 0 Å². The number of hydrogen-bond acceptors (Lipinski definition) is 3. The van der Waals surface area contributed by atoms with Gasteiger partial charge in [0.1, 0.15) is 13.2 Å². The summed E-state index contributed by atoms with van der Waals surface area (Å²) in [5.74, 6) is 0.992. The van der Waals surface area contributed by atoms with E-state index >= 15 is 0 Å². The summed E-state index contributed by atoms with van der Waals surface area (Å²) in [5, 5.41) is 3.41. The number of rotatable bonds is 4. The van der Waals surface area contributed by atoms with Gasteiger partial charge >= 0.3 is 0 Å². The number of benzene rings is 2. The second-order valence-corrected chi connectivity index (χ2v) is 5.91. The summed E-state index contributed by atoms with van der Waals surface area (Å²) in [5.41, 5.74) is 1.84. The average molecular weight is 344 g/mol. The maximum Gasteiger partial charge on any atom is 0.244 e. The van der Waals surface area contributed by atoms with Gasteiger partial charge in [0, 0.05) is 6.08 Å². The van der Waals surface area contributed by atoms with Crippen LogP contribution in [0.1, 0.15) is 24.1 Å². The van der Waals surface area contributed by atoms with Gasteiger partial charge in [-0.1, -0.05) is 41.9 Å². The lowest BCUT2D eigenvalue weighted by atomic mass is 10.1. The first-order chi connectivity index (χ1) is 11.6. The molecule has 5 heteroatoms. The largest absolute Gasteiger partial charge is 0.486 e. The van der Waals surface area contributed by atoms with Gasteiger partial charge in [-0.15, -0.1) is 0 Å². The topological polar surface area (TPSA) is 47.6 Å². The summed E-state index contributed by atoms with van der Waals surface area (Å²) in [6, 6.07) is 13.3. The molecule has 0 saturated heterocycles. The van der Waals surface area contributed by atoms with Crippen molar-refractivity contribution >= 4 is 23.6 Å². The molecule has 2 aromatic carbocycles. The minimum Gasteiger partial charge on any atom is -0.486 e. The minimum absolute atomic E-state index is 0.0628. The Morgan fingerprint density at radius 3 is 2.75 bits per heavy atom. The lowest BCUT2D eigenvalue weighted by molar-refractivity contribution is -0.117. The maximum absolute atomic E-state index is 12.1. The van der Waals surface area contributed by atoms with Crippen LogP contribution in [0.2, 0.25) is 5.02 Å². The molecular weight excluding hydrogens is 326 g/mol. The molecule has 0 aromatic heterocycles. The van der Waals surface area contributed by atoms with E-state index in [1.54, 1.807) is 12.1 Å². The third-order valence-electron chi connectivity index (χ3n) is 3.70. The van der Waals surface area contributed by atoms with Crippen LogP contribution in [-0.2, 0) is 4.79 Å². The van der Waals surface area contributed by atoms with Crippen LogP contribution >= 0.6 is 11.6 Å². The van der Waals surface area contributed by atoms with E-state index in [1.807, 2.05) is 43.3 Å².